The third-order valence-corrected chi connectivity index (χ3v) is 4.10. The van der Waals surface area contributed by atoms with E-state index < -0.39 is 23.4 Å². The van der Waals surface area contributed by atoms with Gasteiger partial charge in [-0.2, -0.15) is 0 Å². The molecule has 0 radical (unpaired) electrons. The summed E-state index contributed by atoms with van der Waals surface area (Å²) >= 11 is 0. The average molecular weight is 336 g/mol. The van der Waals surface area contributed by atoms with Crippen molar-refractivity contribution in [1.82, 2.24) is 10.2 Å². The van der Waals surface area contributed by atoms with Crippen LogP contribution in [0.4, 0.5) is 4.79 Å². The van der Waals surface area contributed by atoms with Crippen molar-refractivity contribution < 1.29 is 19.7 Å². The number of aliphatic hydroxyl groups is 2. The number of amides is 1. The summed E-state index contributed by atoms with van der Waals surface area (Å²) in [5.74, 6) is 0. The summed E-state index contributed by atoms with van der Waals surface area (Å²) in [6.07, 6.45) is -1.13. The van der Waals surface area contributed by atoms with Gasteiger partial charge in [-0.3, -0.25) is 4.90 Å². The lowest BCUT2D eigenvalue weighted by Crippen LogP contribution is -2.60. The molecule has 2 atom stereocenters. The highest BCUT2D eigenvalue weighted by Crippen LogP contribution is 2.23. The third-order valence-electron chi connectivity index (χ3n) is 4.10. The van der Waals surface area contributed by atoms with Crippen molar-refractivity contribution in [2.24, 2.45) is 0 Å². The quantitative estimate of drug-likeness (QED) is 0.776. The minimum absolute atomic E-state index is 0.0255. The first kappa shape index (κ1) is 18.7. The fraction of sp³-hybridized carbons (Fsp3) is 0.611. The van der Waals surface area contributed by atoms with Gasteiger partial charge < -0.3 is 20.3 Å². The summed E-state index contributed by atoms with van der Waals surface area (Å²) < 4.78 is 5.16. The van der Waals surface area contributed by atoms with Crippen LogP contribution >= 0.6 is 0 Å². The van der Waals surface area contributed by atoms with E-state index in [1.807, 2.05) is 30.3 Å². The Labute approximate surface area is 143 Å². The van der Waals surface area contributed by atoms with Crippen LogP contribution in [0.15, 0.2) is 30.3 Å². The number of alkyl carbamates (subject to hydrolysis) is 1. The van der Waals surface area contributed by atoms with E-state index in [1.54, 1.807) is 20.8 Å². The van der Waals surface area contributed by atoms with Gasteiger partial charge in [0.2, 0.25) is 0 Å². The topological polar surface area (TPSA) is 82.0 Å². The molecule has 2 rings (SSSR count). The van der Waals surface area contributed by atoms with Crippen LogP contribution in [-0.4, -0.2) is 58.1 Å². The maximum Gasteiger partial charge on any atom is 0.407 e. The zero-order chi connectivity index (χ0) is 17.8. The molecule has 0 aromatic heterocycles. The van der Waals surface area contributed by atoms with Crippen molar-refractivity contribution in [3.05, 3.63) is 35.9 Å². The Morgan fingerprint density at radius 1 is 1.38 bits per heavy atom. The summed E-state index contributed by atoms with van der Waals surface area (Å²) in [6.45, 7) is 7.05. The van der Waals surface area contributed by atoms with Crippen molar-refractivity contribution in [3.8, 4) is 0 Å². The number of rotatable bonds is 4. The molecule has 24 heavy (non-hydrogen) atoms. The summed E-state index contributed by atoms with van der Waals surface area (Å²) in [5.41, 5.74) is -0.754. The predicted molar refractivity (Wildman–Crippen MR) is 91.5 cm³/mol. The molecular formula is C18H28N2O4. The largest absolute Gasteiger partial charge is 0.444 e. The van der Waals surface area contributed by atoms with Crippen LogP contribution in [0.2, 0.25) is 0 Å². The van der Waals surface area contributed by atoms with Crippen LogP contribution in [-0.2, 0) is 11.3 Å². The van der Waals surface area contributed by atoms with Crippen LogP contribution in [0.25, 0.3) is 0 Å². The molecule has 134 valence electrons. The van der Waals surface area contributed by atoms with Gasteiger partial charge in [-0.15, -0.1) is 0 Å². The van der Waals surface area contributed by atoms with Gasteiger partial charge in [0.1, 0.15) is 11.2 Å². The van der Waals surface area contributed by atoms with E-state index in [1.165, 1.54) is 5.56 Å². The number of carbonyl (C=O) groups excluding carboxylic acids is 1. The lowest BCUT2D eigenvalue weighted by molar-refractivity contribution is -0.117. The first-order chi connectivity index (χ1) is 11.2. The average Bonchev–Trinajstić information content (AvgIpc) is 2.49. The Morgan fingerprint density at radius 3 is 2.62 bits per heavy atom. The number of β-amino-alcohol motifs (C(OH)–C–C–N with tert-alkyl or cyclic N) is 1. The Kier molecular flexibility index (Phi) is 5.85. The van der Waals surface area contributed by atoms with Gasteiger partial charge in [-0.05, 0) is 32.8 Å². The molecular weight excluding hydrogens is 308 g/mol. The number of aliphatic hydroxyl groups excluding tert-OH is 1. The molecule has 0 unspecified atom stereocenters. The second-order valence-corrected chi connectivity index (χ2v) is 7.45. The van der Waals surface area contributed by atoms with Gasteiger partial charge in [-0.1, -0.05) is 30.3 Å². The number of nitrogens with zero attached hydrogens (tertiary/aromatic N) is 1. The monoisotopic (exact) mass is 336 g/mol. The van der Waals surface area contributed by atoms with E-state index in [4.69, 9.17) is 4.74 Å². The Hall–Kier alpha value is -1.63. The van der Waals surface area contributed by atoms with Crippen molar-refractivity contribution in [1.29, 1.82) is 0 Å². The van der Waals surface area contributed by atoms with E-state index in [-0.39, 0.29) is 6.54 Å². The maximum atomic E-state index is 11.7. The van der Waals surface area contributed by atoms with Crippen molar-refractivity contribution >= 4 is 6.09 Å². The molecule has 1 saturated heterocycles. The standard InChI is InChI=1S/C18H28N2O4/c1-17(2,3)24-16(22)19-13-18(23)9-10-20(12-15(18)21)11-14-7-5-4-6-8-14/h4-8,15,21,23H,9-13H2,1-3H3,(H,19,22)/t15-,18-/m0/s1. The maximum absolute atomic E-state index is 11.7. The molecule has 6 heteroatoms. The third kappa shape index (κ3) is 5.47. The summed E-state index contributed by atoms with van der Waals surface area (Å²) in [7, 11) is 0. The number of piperidine rings is 1. The molecule has 1 heterocycles. The van der Waals surface area contributed by atoms with E-state index in [9.17, 15) is 15.0 Å². The van der Waals surface area contributed by atoms with E-state index in [0.717, 1.165) is 6.54 Å². The molecule has 6 nitrogen and oxygen atoms in total. The summed E-state index contributed by atoms with van der Waals surface area (Å²) in [6, 6.07) is 10.0. The Morgan fingerprint density at radius 2 is 2.04 bits per heavy atom. The van der Waals surface area contributed by atoms with E-state index in [2.05, 4.69) is 10.2 Å². The van der Waals surface area contributed by atoms with Gasteiger partial charge in [0, 0.05) is 19.6 Å². The molecule has 1 aromatic rings. The number of hydrogen-bond acceptors (Lipinski definition) is 5. The smallest absolute Gasteiger partial charge is 0.407 e. The molecule has 3 N–H and O–H groups in total. The van der Waals surface area contributed by atoms with Crippen molar-refractivity contribution in [2.45, 2.75) is 51.0 Å². The number of nitrogens with one attached hydrogen (secondary N) is 1. The predicted octanol–water partition coefficient (Wildman–Crippen LogP) is 1.51. The van der Waals surface area contributed by atoms with Crippen LogP contribution in [0.3, 0.4) is 0 Å². The normalized spacial score (nSPS) is 25.3. The minimum Gasteiger partial charge on any atom is -0.444 e. The highest BCUT2D eigenvalue weighted by atomic mass is 16.6. The zero-order valence-electron chi connectivity index (χ0n) is 14.7. The van der Waals surface area contributed by atoms with Crippen LogP contribution in [0.1, 0.15) is 32.8 Å². The van der Waals surface area contributed by atoms with E-state index >= 15 is 0 Å². The summed E-state index contributed by atoms with van der Waals surface area (Å²) in [5, 5.41) is 23.5. The van der Waals surface area contributed by atoms with Crippen molar-refractivity contribution in [2.75, 3.05) is 19.6 Å². The molecule has 1 aromatic carbocycles. The van der Waals surface area contributed by atoms with Crippen molar-refractivity contribution in [3.63, 3.8) is 0 Å². The van der Waals surface area contributed by atoms with Gasteiger partial charge in [0.15, 0.2) is 0 Å². The molecule has 0 spiro atoms. The molecule has 1 amide bonds. The second-order valence-electron chi connectivity index (χ2n) is 7.45. The second kappa shape index (κ2) is 7.51. The molecule has 1 aliphatic heterocycles. The number of carbonyl (C=O) groups is 1. The highest BCUT2D eigenvalue weighted by Gasteiger charge is 2.41. The molecule has 1 fully saturated rings. The van der Waals surface area contributed by atoms with Crippen LogP contribution in [0, 0.1) is 0 Å². The number of ether oxygens (including phenoxy) is 1. The minimum atomic E-state index is -1.33. The number of likely N-dealkylation sites (tertiary alicyclic amines) is 1. The summed E-state index contributed by atoms with van der Waals surface area (Å²) in [4.78, 5) is 13.8. The Bertz CT molecular complexity index is 544. The van der Waals surface area contributed by atoms with Crippen LogP contribution in [0.5, 0.6) is 0 Å². The molecule has 1 aliphatic rings. The lowest BCUT2D eigenvalue weighted by atomic mass is 9.88. The van der Waals surface area contributed by atoms with Gasteiger partial charge in [0.25, 0.3) is 0 Å². The van der Waals surface area contributed by atoms with Gasteiger partial charge in [0.05, 0.1) is 12.6 Å². The molecule has 0 bridgehead atoms. The van der Waals surface area contributed by atoms with E-state index in [0.29, 0.717) is 19.5 Å². The lowest BCUT2D eigenvalue weighted by Gasteiger charge is -2.42. The number of benzene rings is 1. The zero-order valence-corrected chi connectivity index (χ0v) is 14.7. The fourth-order valence-corrected chi connectivity index (χ4v) is 2.75. The molecule has 0 aliphatic carbocycles. The highest BCUT2D eigenvalue weighted by molar-refractivity contribution is 5.67. The fourth-order valence-electron chi connectivity index (χ4n) is 2.75. The van der Waals surface area contributed by atoms with Gasteiger partial charge in [-0.25, -0.2) is 4.79 Å². The Balaban J connectivity index is 1.84. The SMILES string of the molecule is CC(C)(C)OC(=O)NC[C@@]1(O)CCN(Cc2ccccc2)C[C@@H]1O. The first-order valence-electron chi connectivity index (χ1n) is 8.31. The number of hydrogen-bond donors (Lipinski definition) is 3. The molecule has 0 saturated carbocycles. The van der Waals surface area contributed by atoms with Gasteiger partial charge >= 0.3 is 6.09 Å². The first-order valence-corrected chi connectivity index (χ1v) is 8.31. The van der Waals surface area contributed by atoms with Crippen LogP contribution < -0.4 is 5.32 Å².